The molecule has 0 aliphatic carbocycles. The normalized spacial score (nSPS) is 11.7. The Kier molecular flexibility index (Phi) is 9.81. The molecule has 174 valence electrons. The number of hydrogen-bond donors (Lipinski definition) is 2. The number of rotatable bonds is 12. The smallest absolute Gasteiger partial charge is 0.411 e. The number of amides is 1. The summed E-state index contributed by atoms with van der Waals surface area (Å²) in [7, 11) is 1.57. The highest BCUT2D eigenvalue weighted by molar-refractivity contribution is 5.84. The van der Waals surface area contributed by atoms with Crippen LogP contribution in [-0.4, -0.2) is 49.7 Å². The van der Waals surface area contributed by atoms with Gasteiger partial charge in [0.1, 0.15) is 11.5 Å². The average Bonchev–Trinajstić information content (AvgIpc) is 2.75. The maximum absolute atomic E-state index is 12.1. The highest BCUT2D eigenvalue weighted by atomic mass is 16.5. The van der Waals surface area contributed by atoms with E-state index >= 15 is 0 Å². The molecule has 0 heterocycles. The number of carbonyl (C=O) groups excluding carboxylic acids is 1. The second-order valence-electron chi connectivity index (χ2n) is 7.33. The van der Waals surface area contributed by atoms with E-state index in [1.807, 2.05) is 19.1 Å². The third-order valence-electron chi connectivity index (χ3n) is 4.50. The number of benzene rings is 2. The zero-order valence-electron chi connectivity index (χ0n) is 18.9. The zero-order valence-corrected chi connectivity index (χ0v) is 18.9. The van der Waals surface area contributed by atoms with Gasteiger partial charge in [0.25, 0.3) is 0 Å². The topological polar surface area (TPSA) is 103 Å². The van der Waals surface area contributed by atoms with Gasteiger partial charge in [-0.1, -0.05) is 12.1 Å². The van der Waals surface area contributed by atoms with E-state index in [0.29, 0.717) is 30.2 Å². The third kappa shape index (κ3) is 8.11. The van der Waals surface area contributed by atoms with Gasteiger partial charge < -0.3 is 24.1 Å². The first-order valence-corrected chi connectivity index (χ1v) is 10.5. The molecule has 0 spiro atoms. The Morgan fingerprint density at radius 1 is 1.09 bits per heavy atom. The predicted molar refractivity (Wildman–Crippen MR) is 121 cm³/mol. The molecule has 2 aromatic carbocycles. The quantitative estimate of drug-likeness (QED) is 0.502. The van der Waals surface area contributed by atoms with Crippen LogP contribution in [0, 0.1) is 0 Å². The van der Waals surface area contributed by atoms with Gasteiger partial charge in [-0.2, -0.15) is 0 Å². The summed E-state index contributed by atoms with van der Waals surface area (Å²) in [5.74, 6) is 0.357. The van der Waals surface area contributed by atoms with Crippen molar-refractivity contribution < 1.29 is 33.6 Å². The van der Waals surface area contributed by atoms with Gasteiger partial charge in [0.05, 0.1) is 26.4 Å². The Bertz CT molecular complexity index is 880. The van der Waals surface area contributed by atoms with E-state index in [1.165, 1.54) is 0 Å². The van der Waals surface area contributed by atoms with Crippen molar-refractivity contribution in [1.82, 2.24) is 0 Å². The molecule has 0 aliphatic rings. The van der Waals surface area contributed by atoms with Crippen LogP contribution in [0.4, 0.5) is 10.5 Å². The van der Waals surface area contributed by atoms with Crippen molar-refractivity contribution in [1.29, 1.82) is 0 Å². The highest BCUT2D eigenvalue weighted by Crippen LogP contribution is 2.23. The van der Waals surface area contributed by atoms with Crippen molar-refractivity contribution in [2.45, 2.75) is 45.8 Å². The summed E-state index contributed by atoms with van der Waals surface area (Å²) in [6.07, 6.45) is -1.06. The van der Waals surface area contributed by atoms with Crippen LogP contribution in [0.15, 0.2) is 42.5 Å². The van der Waals surface area contributed by atoms with Crippen molar-refractivity contribution in [2.24, 2.45) is 0 Å². The molecule has 1 amide bonds. The summed E-state index contributed by atoms with van der Waals surface area (Å²) in [4.78, 5) is 23.6. The molecule has 1 atom stereocenters. The number of aliphatic carboxylic acids is 1. The molecule has 0 saturated carbocycles. The lowest BCUT2D eigenvalue weighted by atomic mass is 10.0. The second kappa shape index (κ2) is 12.6. The molecule has 8 heteroatoms. The fourth-order valence-electron chi connectivity index (χ4n) is 3.07. The van der Waals surface area contributed by atoms with Crippen molar-refractivity contribution in [3.05, 3.63) is 53.6 Å². The van der Waals surface area contributed by atoms with Gasteiger partial charge in [-0.25, -0.2) is 9.59 Å². The SMILES string of the molecule is CCOc1ccc(CC(OC(C)C)C(=O)O)cc1CCOC(=O)Nc1ccc(OC)cc1. The molecular formula is C24H31NO7. The van der Waals surface area contributed by atoms with E-state index in [2.05, 4.69) is 5.32 Å². The molecule has 0 fully saturated rings. The number of carboxylic acids is 1. The first-order valence-electron chi connectivity index (χ1n) is 10.5. The predicted octanol–water partition coefficient (Wildman–Crippen LogP) is 4.31. The Morgan fingerprint density at radius 2 is 1.81 bits per heavy atom. The van der Waals surface area contributed by atoms with Gasteiger partial charge in [0, 0.05) is 18.5 Å². The van der Waals surface area contributed by atoms with Gasteiger partial charge in [0.2, 0.25) is 0 Å². The van der Waals surface area contributed by atoms with Crippen LogP contribution < -0.4 is 14.8 Å². The molecule has 2 aromatic rings. The maximum atomic E-state index is 12.1. The first kappa shape index (κ1) is 25.0. The van der Waals surface area contributed by atoms with Crippen molar-refractivity contribution in [3.63, 3.8) is 0 Å². The van der Waals surface area contributed by atoms with Gasteiger partial charge in [0.15, 0.2) is 6.10 Å². The molecule has 8 nitrogen and oxygen atoms in total. The van der Waals surface area contributed by atoms with Crippen LogP contribution in [0.25, 0.3) is 0 Å². The number of carboxylic acid groups (broad SMARTS) is 1. The number of methoxy groups -OCH3 is 1. The van der Waals surface area contributed by atoms with E-state index in [4.69, 9.17) is 18.9 Å². The highest BCUT2D eigenvalue weighted by Gasteiger charge is 2.21. The van der Waals surface area contributed by atoms with E-state index < -0.39 is 18.2 Å². The number of nitrogens with one attached hydrogen (secondary N) is 1. The minimum Gasteiger partial charge on any atom is -0.497 e. The molecule has 2 rings (SSSR count). The summed E-state index contributed by atoms with van der Waals surface area (Å²) >= 11 is 0. The Balaban J connectivity index is 1.99. The van der Waals surface area contributed by atoms with Gasteiger partial charge in [-0.3, -0.25) is 5.32 Å². The summed E-state index contributed by atoms with van der Waals surface area (Å²) in [5, 5.41) is 12.1. The fourth-order valence-corrected chi connectivity index (χ4v) is 3.07. The van der Waals surface area contributed by atoms with E-state index in [9.17, 15) is 14.7 Å². The largest absolute Gasteiger partial charge is 0.497 e. The minimum absolute atomic E-state index is 0.135. The number of anilines is 1. The molecular weight excluding hydrogens is 414 g/mol. The van der Waals surface area contributed by atoms with Crippen LogP contribution in [0.1, 0.15) is 31.9 Å². The monoisotopic (exact) mass is 445 g/mol. The summed E-state index contributed by atoms with van der Waals surface area (Å²) in [6, 6.07) is 12.4. The van der Waals surface area contributed by atoms with Crippen molar-refractivity contribution in [3.8, 4) is 11.5 Å². The Labute approximate surface area is 188 Å². The number of ether oxygens (including phenoxy) is 4. The van der Waals surface area contributed by atoms with Crippen LogP contribution in [0.5, 0.6) is 11.5 Å². The molecule has 0 aliphatic heterocycles. The lowest BCUT2D eigenvalue weighted by Crippen LogP contribution is -2.29. The molecule has 0 aromatic heterocycles. The molecule has 0 radical (unpaired) electrons. The third-order valence-corrected chi connectivity index (χ3v) is 4.50. The van der Waals surface area contributed by atoms with Gasteiger partial charge >= 0.3 is 12.1 Å². The lowest BCUT2D eigenvalue weighted by Gasteiger charge is -2.18. The second-order valence-corrected chi connectivity index (χ2v) is 7.33. The molecule has 32 heavy (non-hydrogen) atoms. The minimum atomic E-state index is -1.01. The van der Waals surface area contributed by atoms with E-state index in [0.717, 1.165) is 11.1 Å². The zero-order chi connectivity index (χ0) is 23.5. The first-order chi connectivity index (χ1) is 15.3. The van der Waals surface area contributed by atoms with Crippen LogP contribution in [-0.2, 0) is 27.1 Å². The van der Waals surface area contributed by atoms with Crippen molar-refractivity contribution in [2.75, 3.05) is 25.6 Å². The molecule has 2 N–H and O–H groups in total. The van der Waals surface area contributed by atoms with E-state index in [-0.39, 0.29) is 19.1 Å². The summed E-state index contributed by atoms with van der Waals surface area (Å²) in [6.45, 7) is 6.10. The van der Waals surface area contributed by atoms with Crippen LogP contribution >= 0.6 is 0 Å². The summed E-state index contributed by atoms with van der Waals surface area (Å²) in [5.41, 5.74) is 2.23. The Morgan fingerprint density at radius 3 is 2.41 bits per heavy atom. The van der Waals surface area contributed by atoms with Gasteiger partial charge in [-0.15, -0.1) is 0 Å². The maximum Gasteiger partial charge on any atom is 0.411 e. The van der Waals surface area contributed by atoms with Crippen LogP contribution in [0.2, 0.25) is 0 Å². The van der Waals surface area contributed by atoms with Gasteiger partial charge in [-0.05, 0) is 62.2 Å². The lowest BCUT2D eigenvalue weighted by molar-refractivity contribution is -0.153. The number of hydrogen-bond acceptors (Lipinski definition) is 6. The summed E-state index contributed by atoms with van der Waals surface area (Å²) < 4.78 is 21.6. The average molecular weight is 446 g/mol. The molecule has 1 unspecified atom stereocenters. The standard InChI is InChI=1S/C24H31NO7/c1-5-30-21-11-6-17(15-22(23(26)27)32-16(2)3)14-18(21)12-13-31-24(28)25-19-7-9-20(29-4)10-8-19/h6-11,14,16,22H,5,12-13,15H2,1-4H3,(H,25,28)(H,26,27). The Hall–Kier alpha value is -3.26. The molecule has 0 bridgehead atoms. The number of carbonyl (C=O) groups is 2. The van der Waals surface area contributed by atoms with Crippen molar-refractivity contribution >= 4 is 17.7 Å². The molecule has 0 saturated heterocycles. The van der Waals surface area contributed by atoms with E-state index in [1.54, 1.807) is 51.3 Å². The fraction of sp³-hybridized carbons (Fsp3) is 0.417. The van der Waals surface area contributed by atoms with Crippen LogP contribution in [0.3, 0.4) is 0 Å².